The smallest absolute Gasteiger partial charge is 0.221 e. The van der Waals surface area contributed by atoms with E-state index < -0.39 is 12.1 Å². The zero-order valence-corrected chi connectivity index (χ0v) is 20.5. The van der Waals surface area contributed by atoms with Gasteiger partial charge in [-0.2, -0.15) is 0 Å². The average Bonchev–Trinajstić information content (AvgIpc) is 3.55. The van der Waals surface area contributed by atoms with Crippen LogP contribution in [0, 0.1) is 0 Å². The van der Waals surface area contributed by atoms with Crippen LogP contribution in [0.4, 0.5) is 11.5 Å². The second-order valence-corrected chi connectivity index (χ2v) is 9.46. The number of anilines is 2. The van der Waals surface area contributed by atoms with Crippen LogP contribution in [-0.4, -0.2) is 61.2 Å². The number of halogens is 2. The van der Waals surface area contributed by atoms with Gasteiger partial charge in [0.2, 0.25) is 12.1 Å². The number of rotatable bonds is 5. The van der Waals surface area contributed by atoms with Gasteiger partial charge in [0.15, 0.2) is 11.5 Å². The van der Waals surface area contributed by atoms with Crippen molar-refractivity contribution >= 4 is 49.9 Å². The second kappa shape index (κ2) is 8.78. The summed E-state index contributed by atoms with van der Waals surface area (Å²) in [6.07, 6.45) is 1.04. The van der Waals surface area contributed by atoms with Crippen molar-refractivity contribution in [1.29, 1.82) is 0 Å². The second-order valence-electron chi connectivity index (χ2n) is 8.19. The van der Waals surface area contributed by atoms with Crippen LogP contribution < -0.4 is 14.8 Å². The third kappa shape index (κ3) is 3.88. The summed E-state index contributed by atoms with van der Waals surface area (Å²) in [4.78, 5) is 8.81. The van der Waals surface area contributed by atoms with Crippen LogP contribution in [0.5, 0.6) is 11.5 Å². The molecule has 0 saturated carbocycles. The van der Waals surface area contributed by atoms with E-state index in [4.69, 9.17) is 40.0 Å². The van der Waals surface area contributed by atoms with Gasteiger partial charge in [0.1, 0.15) is 24.9 Å². The van der Waals surface area contributed by atoms with E-state index in [1.807, 2.05) is 30.3 Å². The molecule has 1 aromatic heterocycles. The summed E-state index contributed by atoms with van der Waals surface area (Å²) in [6.45, 7) is 1.43. The van der Waals surface area contributed by atoms with Gasteiger partial charge in [0.25, 0.3) is 0 Å². The molecule has 1 spiro atoms. The van der Waals surface area contributed by atoms with Crippen molar-refractivity contribution in [3.05, 3.63) is 46.2 Å². The summed E-state index contributed by atoms with van der Waals surface area (Å²) in [5.41, 5.74) is 1.48. The Kier molecular flexibility index (Phi) is 5.75. The maximum Gasteiger partial charge on any atom is 0.221 e. The molecular formula is C23H21BrClN3O6. The average molecular weight is 551 g/mol. The molecule has 6 rings (SSSR count). The van der Waals surface area contributed by atoms with Crippen LogP contribution in [0.15, 0.2) is 41.1 Å². The van der Waals surface area contributed by atoms with Crippen LogP contribution in [0.25, 0.3) is 10.9 Å². The Hall–Kier alpha value is -2.21. The lowest BCUT2D eigenvalue weighted by atomic mass is 10.1. The van der Waals surface area contributed by atoms with E-state index in [1.54, 1.807) is 7.11 Å². The SMILES string of the molecule is COc1cc2c(Nc3ccc(Br)c(Cl)c3)ncnc2cc1O[C@@H]1C[C@H]2OCC3(OCCO3)[C@H]2O1. The Balaban J connectivity index is 1.26. The Morgan fingerprint density at radius 2 is 2.00 bits per heavy atom. The normalized spacial score (nSPS) is 25.1. The summed E-state index contributed by atoms with van der Waals surface area (Å²) in [5, 5.41) is 4.65. The molecule has 11 heteroatoms. The molecule has 3 fully saturated rings. The molecule has 34 heavy (non-hydrogen) atoms. The third-order valence-electron chi connectivity index (χ3n) is 6.13. The van der Waals surface area contributed by atoms with E-state index in [9.17, 15) is 0 Å². The quantitative estimate of drug-likeness (QED) is 0.495. The van der Waals surface area contributed by atoms with Crippen molar-refractivity contribution < 1.29 is 28.4 Å². The van der Waals surface area contributed by atoms with Crippen molar-refractivity contribution in [3.8, 4) is 11.5 Å². The Morgan fingerprint density at radius 1 is 1.15 bits per heavy atom. The fourth-order valence-corrected chi connectivity index (χ4v) is 4.96. The van der Waals surface area contributed by atoms with Gasteiger partial charge >= 0.3 is 0 Å². The maximum absolute atomic E-state index is 6.23. The summed E-state index contributed by atoms with van der Waals surface area (Å²) in [6, 6.07) is 9.23. The minimum Gasteiger partial charge on any atom is -0.493 e. The van der Waals surface area contributed by atoms with Crippen molar-refractivity contribution in [2.45, 2.75) is 30.7 Å². The first kappa shape index (κ1) is 22.3. The fraction of sp³-hybridized carbons (Fsp3) is 0.391. The van der Waals surface area contributed by atoms with E-state index in [-0.39, 0.29) is 12.2 Å². The zero-order chi connectivity index (χ0) is 23.3. The Labute approximate surface area is 208 Å². The number of methoxy groups -OCH3 is 1. The van der Waals surface area contributed by atoms with Crippen LogP contribution in [0.1, 0.15) is 6.42 Å². The number of nitrogens with zero attached hydrogens (tertiary/aromatic N) is 2. The predicted molar refractivity (Wildman–Crippen MR) is 127 cm³/mol. The Bertz CT molecular complexity index is 1240. The lowest BCUT2D eigenvalue weighted by Crippen LogP contribution is -2.44. The first-order valence-corrected chi connectivity index (χ1v) is 12.0. The first-order chi connectivity index (χ1) is 16.5. The van der Waals surface area contributed by atoms with Crippen LogP contribution in [0.2, 0.25) is 5.02 Å². The molecule has 4 heterocycles. The highest BCUT2D eigenvalue weighted by molar-refractivity contribution is 9.10. The summed E-state index contributed by atoms with van der Waals surface area (Å²) < 4.78 is 36.3. The molecule has 178 valence electrons. The number of nitrogens with one attached hydrogen (secondary N) is 1. The van der Waals surface area contributed by atoms with Gasteiger partial charge in [-0.05, 0) is 40.2 Å². The number of aromatic nitrogens is 2. The van der Waals surface area contributed by atoms with Gasteiger partial charge in [0.05, 0.1) is 37.0 Å². The van der Waals surface area contributed by atoms with E-state index >= 15 is 0 Å². The largest absolute Gasteiger partial charge is 0.493 e. The summed E-state index contributed by atoms with van der Waals surface area (Å²) >= 11 is 9.63. The maximum atomic E-state index is 6.23. The zero-order valence-electron chi connectivity index (χ0n) is 18.1. The van der Waals surface area contributed by atoms with Crippen LogP contribution >= 0.6 is 27.5 Å². The van der Waals surface area contributed by atoms with Crippen LogP contribution in [0.3, 0.4) is 0 Å². The van der Waals surface area contributed by atoms with Crippen molar-refractivity contribution in [2.24, 2.45) is 0 Å². The number of ether oxygens (including phenoxy) is 6. The molecule has 3 aromatic rings. The molecule has 0 unspecified atom stereocenters. The first-order valence-electron chi connectivity index (χ1n) is 10.8. The van der Waals surface area contributed by atoms with Crippen molar-refractivity contribution in [1.82, 2.24) is 9.97 Å². The lowest BCUT2D eigenvalue weighted by Gasteiger charge is -2.26. The van der Waals surface area contributed by atoms with E-state index in [2.05, 4.69) is 31.2 Å². The molecule has 0 radical (unpaired) electrons. The van der Waals surface area contributed by atoms with Crippen molar-refractivity contribution in [3.63, 3.8) is 0 Å². The molecule has 0 bridgehead atoms. The summed E-state index contributed by atoms with van der Waals surface area (Å²) in [7, 11) is 1.59. The highest BCUT2D eigenvalue weighted by Crippen LogP contribution is 2.43. The molecule has 2 aromatic carbocycles. The van der Waals surface area contributed by atoms with Crippen LogP contribution in [-0.2, 0) is 18.9 Å². The number of hydrogen-bond acceptors (Lipinski definition) is 9. The number of fused-ring (bicyclic) bond motifs is 3. The molecular weight excluding hydrogens is 530 g/mol. The minimum atomic E-state index is -0.833. The highest BCUT2D eigenvalue weighted by atomic mass is 79.9. The van der Waals surface area contributed by atoms with Gasteiger partial charge < -0.3 is 33.7 Å². The van der Waals surface area contributed by atoms with E-state index in [0.29, 0.717) is 54.1 Å². The van der Waals surface area contributed by atoms with E-state index in [0.717, 1.165) is 15.5 Å². The summed E-state index contributed by atoms with van der Waals surface area (Å²) in [5.74, 6) is 0.827. The predicted octanol–water partition coefficient (Wildman–Crippen LogP) is 4.43. The standard InChI is InChI=1S/C23H21BrClN3O6/c1-29-17-7-13-16(26-11-27-22(13)28-12-2-3-14(24)15(25)6-12)8-18(17)33-20-9-19-21(34-20)23(10-30-19)31-4-5-32-23/h2-3,6-8,11,19-21H,4-5,9-10H2,1H3,(H,26,27,28)/t19-,20+,21+/m1/s1. The van der Waals surface area contributed by atoms with Crippen molar-refractivity contribution in [2.75, 3.05) is 32.2 Å². The lowest BCUT2D eigenvalue weighted by molar-refractivity contribution is -0.230. The molecule has 1 N–H and O–H groups in total. The van der Waals surface area contributed by atoms with E-state index in [1.165, 1.54) is 6.33 Å². The topological polar surface area (TPSA) is 93.2 Å². The molecule has 3 atom stereocenters. The van der Waals surface area contributed by atoms with Gasteiger partial charge in [-0.3, -0.25) is 0 Å². The van der Waals surface area contributed by atoms with Gasteiger partial charge in [-0.1, -0.05) is 11.6 Å². The highest BCUT2D eigenvalue weighted by Gasteiger charge is 2.60. The molecule has 3 aliphatic rings. The van der Waals surface area contributed by atoms with Gasteiger partial charge in [0, 0.05) is 28.0 Å². The molecule has 3 aliphatic heterocycles. The third-order valence-corrected chi connectivity index (χ3v) is 7.36. The Morgan fingerprint density at radius 3 is 2.79 bits per heavy atom. The van der Waals surface area contributed by atoms with Gasteiger partial charge in [-0.25, -0.2) is 9.97 Å². The molecule has 3 saturated heterocycles. The fourth-order valence-electron chi connectivity index (χ4n) is 4.53. The monoisotopic (exact) mass is 549 g/mol. The molecule has 0 aliphatic carbocycles. The molecule has 0 amide bonds. The number of hydrogen-bond donors (Lipinski definition) is 1. The number of benzene rings is 2. The molecule has 9 nitrogen and oxygen atoms in total. The van der Waals surface area contributed by atoms with Gasteiger partial charge in [-0.15, -0.1) is 0 Å². The minimum absolute atomic E-state index is 0.148.